The summed E-state index contributed by atoms with van der Waals surface area (Å²) in [4.78, 5) is 23.4. The van der Waals surface area contributed by atoms with Crippen molar-refractivity contribution in [2.75, 3.05) is 0 Å². The van der Waals surface area contributed by atoms with Gasteiger partial charge in [-0.25, -0.2) is 0 Å². The molecule has 0 amide bonds. The largest absolute Gasteiger partial charge is 0.481 e. The second-order valence-electron chi connectivity index (χ2n) is 14.9. The Bertz CT molecular complexity index is 798. The Morgan fingerprint density at radius 1 is 0.460 bits per heavy atom. The molecule has 0 saturated carbocycles. The van der Waals surface area contributed by atoms with E-state index in [9.17, 15) is 9.59 Å². The van der Waals surface area contributed by atoms with Crippen LogP contribution in [0.1, 0.15) is 239 Å². The maximum absolute atomic E-state index is 12.8. The van der Waals surface area contributed by atoms with Crippen molar-refractivity contribution in [2.45, 2.75) is 245 Å². The fourth-order valence-corrected chi connectivity index (χ4v) is 6.67. The third-order valence-electron chi connectivity index (χ3n) is 9.88. The summed E-state index contributed by atoms with van der Waals surface area (Å²) < 4.78 is 6.06. The minimum atomic E-state index is -0.681. The molecule has 0 bridgehead atoms. The quantitative estimate of drug-likeness (QED) is 0.0393. The molecule has 0 aliphatic rings. The number of carbonyl (C=O) groups is 2. The van der Waals surface area contributed by atoms with Gasteiger partial charge >= 0.3 is 11.9 Å². The van der Waals surface area contributed by atoms with Crippen LogP contribution in [0.3, 0.4) is 0 Å². The lowest BCUT2D eigenvalue weighted by Gasteiger charge is -2.18. The van der Waals surface area contributed by atoms with Crippen molar-refractivity contribution in [2.24, 2.45) is 0 Å². The molecular formula is C46H84O4. The predicted octanol–water partition coefficient (Wildman–Crippen LogP) is 15.3. The summed E-state index contributed by atoms with van der Waals surface area (Å²) in [6.45, 7) is 4.45. The van der Waals surface area contributed by atoms with Crippen LogP contribution < -0.4 is 0 Å². The summed E-state index contributed by atoms with van der Waals surface area (Å²) >= 11 is 0. The number of aliphatic carboxylic acids is 1. The molecule has 4 nitrogen and oxygen atoms in total. The second kappa shape index (κ2) is 41.6. The second-order valence-corrected chi connectivity index (χ2v) is 14.9. The zero-order chi connectivity index (χ0) is 36.4. The zero-order valence-electron chi connectivity index (χ0n) is 33.5. The van der Waals surface area contributed by atoms with Crippen LogP contribution in [-0.4, -0.2) is 23.1 Å². The molecule has 50 heavy (non-hydrogen) atoms. The number of carbonyl (C=O) groups excluding carboxylic acids is 1. The van der Waals surface area contributed by atoms with E-state index in [2.05, 4.69) is 50.3 Å². The lowest BCUT2D eigenvalue weighted by atomic mass is 10.0. The predicted molar refractivity (Wildman–Crippen MR) is 218 cm³/mol. The van der Waals surface area contributed by atoms with Gasteiger partial charge in [0.2, 0.25) is 0 Å². The first-order valence-electron chi connectivity index (χ1n) is 22.0. The molecule has 292 valence electrons. The molecule has 0 aromatic rings. The molecule has 1 unspecified atom stereocenters. The Kier molecular flexibility index (Phi) is 40.0. The Morgan fingerprint density at radius 3 is 1.30 bits per heavy atom. The molecule has 0 aliphatic heterocycles. The highest BCUT2D eigenvalue weighted by Crippen LogP contribution is 2.19. The summed E-state index contributed by atoms with van der Waals surface area (Å²) in [5.41, 5.74) is 0. The van der Waals surface area contributed by atoms with Gasteiger partial charge in [-0.05, 0) is 70.6 Å². The van der Waals surface area contributed by atoms with E-state index in [4.69, 9.17) is 9.84 Å². The molecule has 1 N–H and O–H groups in total. The Balaban J connectivity index is 4.01. The molecule has 0 fully saturated rings. The number of esters is 1. The molecule has 0 aromatic carbocycles. The van der Waals surface area contributed by atoms with Crippen LogP contribution in [0.15, 0.2) is 36.5 Å². The Morgan fingerprint density at radius 2 is 0.840 bits per heavy atom. The number of rotatable bonds is 40. The van der Waals surface area contributed by atoms with Crippen LogP contribution >= 0.6 is 0 Å². The van der Waals surface area contributed by atoms with Crippen LogP contribution in [0.4, 0.5) is 0 Å². The van der Waals surface area contributed by atoms with E-state index in [-0.39, 0.29) is 12.1 Å². The van der Waals surface area contributed by atoms with Gasteiger partial charge < -0.3 is 9.84 Å². The van der Waals surface area contributed by atoms with Gasteiger partial charge in [0.1, 0.15) is 6.10 Å². The molecular weight excluding hydrogens is 617 g/mol. The first-order chi connectivity index (χ1) is 24.6. The maximum atomic E-state index is 12.8. The average molecular weight is 701 g/mol. The lowest BCUT2D eigenvalue weighted by Crippen LogP contribution is -2.18. The maximum Gasteiger partial charge on any atom is 0.306 e. The van der Waals surface area contributed by atoms with Crippen LogP contribution in [0.25, 0.3) is 0 Å². The third-order valence-corrected chi connectivity index (χ3v) is 9.88. The molecule has 0 aromatic heterocycles. The minimum Gasteiger partial charge on any atom is -0.481 e. The van der Waals surface area contributed by atoms with Gasteiger partial charge in [0.05, 0.1) is 0 Å². The van der Waals surface area contributed by atoms with E-state index >= 15 is 0 Å². The highest BCUT2D eigenvalue weighted by atomic mass is 16.5. The highest BCUT2D eigenvalue weighted by Gasteiger charge is 2.14. The first kappa shape index (κ1) is 48.2. The number of carboxylic acids is 1. The smallest absolute Gasteiger partial charge is 0.306 e. The van der Waals surface area contributed by atoms with E-state index in [0.717, 1.165) is 70.6 Å². The van der Waals surface area contributed by atoms with Crippen LogP contribution in [0.2, 0.25) is 0 Å². The fourth-order valence-electron chi connectivity index (χ4n) is 6.67. The van der Waals surface area contributed by atoms with Gasteiger partial charge in [0, 0.05) is 12.8 Å². The van der Waals surface area contributed by atoms with E-state index in [1.807, 2.05) is 0 Å². The molecule has 4 heteroatoms. The van der Waals surface area contributed by atoms with Crippen molar-refractivity contribution < 1.29 is 19.4 Å². The van der Waals surface area contributed by atoms with Crippen molar-refractivity contribution in [3.05, 3.63) is 36.5 Å². The summed E-state index contributed by atoms with van der Waals surface area (Å²) in [7, 11) is 0. The third kappa shape index (κ3) is 40.6. The van der Waals surface area contributed by atoms with Gasteiger partial charge in [-0.1, -0.05) is 192 Å². The number of hydrogen-bond acceptors (Lipinski definition) is 3. The zero-order valence-corrected chi connectivity index (χ0v) is 33.5. The summed E-state index contributed by atoms with van der Waals surface area (Å²) in [5.74, 6) is -0.655. The van der Waals surface area contributed by atoms with Crippen molar-refractivity contribution in [1.82, 2.24) is 0 Å². The number of hydrogen-bond donors (Lipinski definition) is 1. The van der Waals surface area contributed by atoms with E-state index in [1.165, 1.54) is 141 Å². The number of ether oxygens (including phenoxy) is 1. The van der Waals surface area contributed by atoms with Gasteiger partial charge in [-0.2, -0.15) is 0 Å². The monoisotopic (exact) mass is 701 g/mol. The van der Waals surface area contributed by atoms with Crippen molar-refractivity contribution in [3.8, 4) is 0 Å². The van der Waals surface area contributed by atoms with Gasteiger partial charge in [-0.3, -0.25) is 9.59 Å². The SMILES string of the molecule is CC/C=C\C/C=C\C/C=C\CCCCCCCCCCCC(=O)OC(CCCCCCCCCCCC)CCCCCCCCCCC(=O)O. The van der Waals surface area contributed by atoms with E-state index in [0.29, 0.717) is 12.8 Å². The number of unbranched alkanes of at least 4 members (excludes halogenated alkanes) is 25. The fraction of sp³-hybridized carbons (Fsp3) is 0.826. The molecule has 0 aliphatic carbocycles. The number of allylic oxidation sites excluding steroid dienone is 6. The van der Waals surface area contributed by atoms with Crippen LogP contribution in [0, 0.1) is 0 Å². The standard InChI is InChI=1S/C46H84O4/c1-3-5-7-9-11-13-15-16-17-18-19-20-21-22-23-25-31-35-39-43-46(49)50-44(40-36-32-28-24-14-12-10-8-6-4-2)41-37-33-29-26-27-30-34-38-42-45(47)48/h5,7,11,13,16-17,44H,3-4,6,8-10,12,14-15,18-43H2,1-2H3,(H,47,48)/b7-5-,13-11-,17-16-. The van der Waals surface area contributed by atoms with Crippen molar-refractivity contribution >= 4 is 11.9 Å². The van der Waals surface area contributed by atoms with E-state index in [1.54, 1.807) is 0 Å². The molecule has 1 atom stereocenters. The molecule has 0 heterocycles. The van der Waals surface area contributed by atoms with E-state index < -0.39 is 5.97 Å². The first-order valence-corrected chi connectivity index (χ1v) is 22.0. The van der Waals surface area contributed by atoms with Gasteiger partial charge in [0.15, 0.2) is 0 Å². The minimum absolute atomic E-state index is 0.0256. The lowest BCUT2D eigenvalue weighted by molar-refractivity contribution is -0.150. The Hall–Kier alpha value is -1.84. The summed E-state index contributed by atoms with van der Waals surface area (Å²) in [6, 6.07) is 0. The van der Waals surface area contributed by atoms with Gasteiger partial charge in [0.25, 0.3) is 0 Å². The van der Waals surface area contributed by atoms with Crippen LogP contribution in [-0.2, 0) is 14.3 Å². The van der Waals surface area contributed by atoms with Crippen molar-refractivity contribution in [3.63, 3.8) is 0 Å². The van der Waals surface area contributed by atoms with Crippen LogP contribution in [0.5, 0.6) is 0 Å². The molecule has 0 radical (unpaired) electrons. The van der Waals surface area contributed by atoms with Crippen molar-refractivity contribution in [1.29, 1.82) is 0 Å². The normalized spacial score (nSPS) is 12.5. The topological polar surface area (TPSA) is 63.6 Å². The Labute approximate surface area is 311 Å². The molecule has 0 spiro atoms. The molecule has 0 saturated heterocycles. The van der Waals surface area contributed by atoms with Gasteiger partial charge in [-0.15, -0.1) is 0 Å². The summed E-state index contributed by atoms with van der Waals surface area (Å²) in [5, 5.41) is 8.76. The average Bonchev–Trinajstić information content (AvgIpc) is 3.10. The highest BCUT2D eigenvalue weighted by molar-refractivity contribution is 5.69. The molecule has 0 rings (SSSR count). The number of carboxylic acid groups (broad SMARTS) is 1. The summed E-state index contributed by atoms with van der Waals surface area (Å²) in [6.07, 6.45) is 54.6.